The lowest BCUT2D eigenvalue weighted by Crippen LogP contribution is -2.03. The van der Waals surface area contributed by atoms with Crippen molar-refractivity contribution in [3.05, 3.63) is 46.3 Å². The van der Waals surface area contributed by atoms with Crippen LogP contribution in [0.4, 0.5) is 8.78 Å². The molecule has 6 heteroatoms. The summed E-state index contributed by atoms with van der Waals surface area (Å²) in [7, 11) is 2.64. The van der Waals surface area contributed by atoms with Crippen LogP contribution in [0.3, 0.4) is 0 Å². The van der Waals surface area contributed by atoms with Gasteiger partial charge in [-0.05, 0) is 18.2 Å². The number of halogens is 2. The fraction of sp³-hybridized carbons (Fsp3) is 0.133. The number of benzene rings is 2. The number of ether oxygens (including phenoxy) is 2. The molecule has 0 aliphatic carbocycles. The van der Waals surface area contributed by atoms with Crippen molar-refractivity contribution in [3.63, 3.8) is 0 Å². The summed E-state index contributed by atoms with van der Waals surface area (Å²) in [5.74, 6) is -1.57. The molecule has 3 rings (SSSR count). The maximum Gasteiger partial charge on any atom is 0.344 e. The molecule has 21 heavy (non-hydrogen) atoms. The van der Waals surface area contributed by atoms with Crippen LogP contribution in [0.15, 0.2) is 33.5 Å². The standard InChI is InChI=1S/C15H10F2O4/c1-19-7-3-4-8-9(5-7)12-10(16)6-11(20-2)13(17)14(12)21-15(8)18/h3-6H,1-2H3. The molecule has 0 unspecified atom stereocenters. The highest BCUT2D eigenvalue weighted by molar-refractivity contribution is 6.05. The molecule has 108 valence electrons. The minimum Gasteiger partial charge on any atom is -0.497 e. The lowest BCUT2D eigenvalue weighted by molar-refractivity contribution is 0.380. The van der Waals surface area contributed by atoms with E-state index in [9.17, 15) is 13.6 Å². The third kappa shape index (κ3) is 1.91. The summed E-state index contributed by atoms with van der Waals surface area (Å²) in [5, 5.41) is 0.244. The van der Waals surface area contributed by atoms with E-state index < -0.39 is 22.8 Å². The molecule has 0 saturated carbocycles. The van der Waals surface area contributed by atoms with Gasteiger partial charge in [-0.1, -0.05) is 0 Å². The Hall–Kier alpha value is -2.63. The molecule has 2 aromatic carbocycles. The van der Waals surface area contributed by atoms with Crippen LogP contribution in [0.5, 0.6) is 11.5 Å². The van der Waals surface area contributed by atoms with Gasteiger partial charge in [-0.15, -0.1) is 0 Å². The molecule has 0 N–H and O–H groups in total. The van der Waals surface area contributed by atoms with Crippen LogP contribution < -0.4 is 15.1 Å². The van der Waals surface area contributed by atoms with Crippen molar-refractivity contribution in [1.82, 2.24) is 0 Å². The minimum absolute atomic E-state index is 0.123. The van der Waals surface area contributed by atoms with E-state index in [1.165, 1.54) is 26.4 Å². The average molecular weight is 292 g/mol. The number of fused-ring (bicyclic) bond motifs is 3. The van der Waals surface area contributed by atoms with E-state index in [-0.39, 0.29) is 21.9 Å². The first-order valence-corrected chi connectivity index (χ1v) is 6.03. The SMILES string of the molecule is COc1ccc2c(=O)oc3c(F)c(OC)cc(F)c3c2c1. The Kier molecular flexibility index (Phi) is 3.01. The van der Waals surface area contributed by atoms with Crippen LogP contribution in [-0.2, 0) is 0 Å². The van der Waals surface area contributed by atoms with Crippen molar-refractivity contribution >= 4 is 21.7 Å². The molecule has 0 spiro atoms. The van der Waals surface area contributed by atoms with Crippen LogP contribution in [-0.4, -0.2) is 14.2 Å². The Morgan fingerprint density at radius 2 is 1.81 bits per heavy atom. The summed E-state index contributed by atoms with van der Waals surface area (Å²) in [5.41, 5.74) is -1.23. The largest absolute Gasteiger partial charge is 0.497 e. The van der Waals surface area contributed by atoms with E-state index in [0.29, 0.717) is 5.75 Å². The van der Waals surface area contributed by atoms with Gasteiger partial charge >= 0.3 is 5.63 Å². The summed E-state index contributed by atoms with van der Waals surface area (Å²) in [6, 6.07) is 5.37. The second-order valence-electron chi connectivity index (χ2n) is 4.38. The van der Waals surface area contributed by atoms with Crippen molar-refractivity contribution in [2.75, 3.05) is 14.2 Å². The summed E-state index contributed by atoms with van der Waals surface area (Å²) >= 11 is 0. The van der Waals surface area contributed by atoms with Crippen LogP contribution >= 0.6 is 0 Å². The first-order chi connectivity index (χ1) is 10.1. The predicted octanol–water partition coefficient (Wildman–Crippen LogP) is 3.24. The van der Waals surface area contributed by atoms with Gasteiger partial charge < -0.3 is 13.9 Å². The van der Waals surface area contributed by atoms with E-state index >= 15 is 0 Å². The molecule has 3 aromatic rings. The van der Waals surface area contributed by atoms with Gasteiger partial charge in [0.1, 0.15) is 11.6 Å². The summed E-state index contributed by atoms with van der Waals surface area (Å²) < 4.78 is 43.1. The van der Waals surface area contributed by atoms with Gasteiger partial charge in [0.05, 0.1) is 25.0 Å². The van der Waals surface area contributed by atoms with Gasteiger partial charge in [0, 0.05) is 11.5 Å². The first kappa shape index (κ1) is 13.4. The number of hydrogen-bond acceptors (Lipinski definition) is 4. The number of methoxy groups -OCH3 is 2. The zero-order valence-corrected chi connectivity index (χ0v) is 11.2. The van der Waals surface area contributed by atoms with E-state index in [4.69, 9.17) is 13.9 Å². The quantitative estimate of drug-likeness (QED) is 0.537. The van der Waals surface area contributed by atoms with Crippen molar-refractivity contribution in [2.24, 2.45) is 0 Å². The van der Waals surface area contributed by atoms with E-state index in [1.807, 2.05) is 0 Å². The van der Waals surface area contributed by atoms with Crippen LogP contribution in [0.1, 0.15) is 0 Å². The third-order valence-electron chi connectivity index (χ3n) is 3.27. The summed E-state index contributed by atoms with van der Waals surface area (Å²) in [6.45, 7) is 0. The molecule has 0 aliphatic heterocycles. The maximum atomic E-state index is 14.3. The smallest absolute Gasteiger partial charge is 0.344 e. The molecule has 4 nitrogen and oxygen atoms in total. The van der Waals surface area contributed by atoms with Gasteiger partial charge in [0.2, 0.25) is 5.82 Å². The monoisotopic (exact) mass is 292 g/mol. The van der Waals surface area contributed by atoms with Crippen LogP contribution in [0.2, 0.25) is 0 Å². The van der Waals surface area contributed by atoms with Crippen molar-refractivity contribution < 1.29 is 22.7 Å². The molecule has 0 bridgehead atoms. The Morgan fingerprint density at radius 1 is 1.05 bits per heavy atom. The molecule has 0 aliphatic rings. The topological polar surface area (TPSA) is 48.7 Å². The van der Waals surface area contributed by atoms with Gasteiger partial charge in [0.25, 0.3) is 0 Å². The highest BCUT2D eigenvalue weighted by Gasteiger charge is 2.19. The fourth-order valence-electron chi connectivity index (χ4n) is 2.26. The lowest BCUT2D eigenvalue weighted by Gasteiger charge is -2.09. The molecule has 0 amide bonds. The number of hydrogen-bond donors (Lipinski definition) is 0. The Labute approximate surface area is 117 Å². The Balaban J connectivity index is 2.59. The molecule has 0 atom stereocenters. The predicted molar refractivity (Wildman–Crippen MR) is 73.0 cm³/mol. The Bertz CT molecular complexity index is 915. The molecular weight excluding hydrogens is 282 g/mol. The Morgan fingerprint density at radius 3 is 2.48 bits per heavy atom. The normalized spacial score (nSPS) is 11.0. The van der Waals surface area contributed by atoms with Gasteiger partial charge in [-0.2, -0.15) is 4.39 Å². The van der Waals surface area contributed by atoms with Gasteiger partial charge in [-0.3, -0.25) is 0 Å². The van der Waals surface area contributed by atoms with Crippen molar-refractivity contribution in [1.29, 1.82) is 0 Å². The highest BCUT2D eigenvalue weighted by Crippen LogP contribution is 2.33. The van der Waals surface area contributed by atoms with Gasteiger partial charge in [-0.25, -0.2) is 9.18 Å². The van der Waals surface area contributed by atoms with Crippen molar-refractivity contribution in [2.45, 2.75) is 0 Å². The van der Waals surface area contributed by atoms with E-state index in [1.54, 1.807) is 6.07 Å². The molecular formula is C15H10F2O4. The van der Waals surface area contributed by atoms with Crippen LogP contribution in [0, 0.1) is 11.6 Å². The highest BCUT2D eigenvalue weighted by atomic mass is 19.1. The first-order valence-electron chi connectivity index (χ1n) is 6.03. The molecule has 0 fully saturated rings. The molecule has 0 saturated heterocycles. The zero-order chi connectivity index (χ0) is 15.1. The minimum atomic E-state index is -0.921. The van der Waals surface area contributed by atoms with E-state index in [0.717, 1.165) is 6.07 Å². The fourth-order valence-corrected chi connectivity index (χ4v) is 2.26. The second kappa shape index (κ2) is 4.73. The summed E-state index contributed by atoms with van der Waals surface area (Å²) in [4.78, 5) is 11.9. The molecule has 1 aromatic heterocycles. The van der Waals surface area contributed by atoms with Gasteiger partial charge in [0.15, 0.2) is 11.3 Å². The second-order valence-corrected chi connectivity index (χ2v) is 4.38. The lowest BCUT2D eigenvalue weighted by atomic mass is 10.1. The average Bonchev–Trinajstić information content (AvgIpc) is 2.50. The maximum absolute atomic E-state index is 14.3. The van der Waals surface area contributed by atoms with Crippen molar-refractivity contribution in [3.8, 4) is 11.5 Å². The zero-order valence-electron chi connectivity index (χ0n) is 11.2. The van der Waals surface area contributed by atoms with Crippen LogP contribution in [0.25, 0.3) is 21.7 Å². The third-order valence-corrected chi connectivity index (χ3v) is 3.27. The number of rotatable bonds is 2. The molecule has 0 radical (unpaired) electrons. The van der Waals surface area contributed by atoms with E-state index in [2.05, 4.69) is 0 Å². The molecule has 1 heterocycles. The summed E-state index contributed by atoms with van der Waals surface area (Å²) in [6.07, 6.45) is 0.